The first kappa shape index (κ1) is 23.6. The van der Waals surface area contributed by atoms with E-state index in [0.29, 0.717) is 16.2 Å². The van der Waals surface area contributed by atoms with E-state index in [1.165, 1.54) is 56.9 Å². The molecule has 1 nitrogen and oxygen atoms in total. The smallest absolute Gasteiger partial charge is 0.0628 e. The van der Waals surface area contributed by atoms with Crippen molar-refractivity contribution in [2.75, 3.05) is 0 Å². The molecule has 0 amide bonds. The second-order valence-corrected chi connectivity index (χ2v) is 13.6. The minimum absolute atomic E-state index is 0.0583. The topological polar surface area (TPSA) is 20.2 Å². The summed E-state index contributed by atoms with van der Waals surface area (Å²) in [6, 6.07) is 0. The summed E-state index contributed by atoms with van der Waals surface area (Å²) >= 11 is 0. The number of aliphatic hydroxyl groups is 1. The first-order chi connectivity index (χ1) is 14.4. The lowest BCUT2D eigenvalue weighted by molar-refractivity contribution is -0.124. The number of hydrogen-bond acceptors (Lipinski definition) is 1. The van der Waals surface area contributed by atoms with Crippen LogP contribution in [0.15, 0.2) is 23.3 Å². The average molecular weight is 427 g/mol. The molecule has 0 bridgehead atoms. The fraction of sp³-hybridized carbons (Fsp3) is 0.867. The van der Waals surface area contributed by atoms with Crippen LogP contribution in [0, 0.1) is 45.3 Å². The molecule has 0 spiro atoms. The Morgan fingerprint density at radius 2 is 1.68 bits per heavy atom. The first-order valence-electron chi connectivity index (χ1n) is 13.4. The van der Waals surface area contributed by atoms with E-state index in [-0.39, 0.29) is 11.5 Å². The third-order valence-electron chi connectivity index (χ3n) is 11.7. The van der Waals surface area contributed by atoms with Gasteiger partial charge in [-0.2, -0.15) is 0 Å². The van der Waals surface area contributed by atoms with Crippen LogP contribution in [0.5, 0.6) is 0 Å². The molecule has 0 aromatic carbocycles. The predicted octanol–water partition coefficient (Wildman–Crippen LogP) is 8.34. The lowest BCUT2D eigenvalue weighted by Gasteiger charge is -2.64. The van der Waals surface area contributed by atoms with Crippen molar-refractivity contribution in [3.05, 3.63) is 23.3 Å². The Balaban J connectivity index is 1.62. The molecule has 0 heterocycles. The third kappa shape index (κ3) is 3.34. The number of hydrogen-bond donors (Lipinski definition) is 1. The van der Waals surface area contributed by atoms with Gasteiger partial charge in [-0.3, -0.25) is 0 Å². The van der Waals surface area contributed by atoms with E-state index in [2.05, 4.69) is 67.5 Å². The van der Waals surface area contributed by atoms with E-state index in [9.17, 15) is 5.11 Å². The lowest BCUT2D eigenvalue weighted by atomic mass is 9.40. The van der Waals surface area contributed by atoms with E-state index < -0.39 is 0 Å². The van der Waals surface area contributed by atoms with Crippen LogP contribution in [0.3, 0.4) is 0 Å². The Morgan fingerprint density at radius 3 is 2.35 bits per heavy atom. The van der Waals surface area contributed by atoms with Gasteiger partial charge in [0, 0.05) is 5.41 Å². The highest BCUT2D eigenvalue weighted by Crippen LogP contribution is 2.73. The van der Waals surface area contributed by atoms with Crippen LogP contribution in [0.25, 0.3) is 0 Å². The minimum atomic E-state index is -0.176. The van der Waals surface area contributed by atoms with E-state index in [1.54, 1.807) is 5.57 Å². The summed E-state index contributed by atoms with van der Waals surface area (Å²) in [5.41, 5.74) is 4.26. The monoisotopic (exact) mass is 426 g/mol. The molecule has 1 heteroatoms. The fourth-order valence-corrected chi connectivity index (χ4v) is 9.57. The quantitative estimate of drug-likeness (QED) is 0.448. The van der Waals surface area contributed by atoms with Gasteiger partial charge in [0.1, 0.15) is 0 Å². The summed E-state index contributed by atoms with van der Waals surface area (Å²) in [7, 11) is 0. The summed E-state index contributed by atoms with van der Waals surface area (Å²) in [5, 5.41) is 10.8. The molecule has 3 saturated carbocycles. The average Bonchev–Trinajstić information content (AvgIpc) is 2.96. The van der Waals surface area contributed by atoms with Crippen LogP contribution < -0.4 is 0 Å². The van der Waals surface area contributed by atoms with Crippen LogP contribution in [-0.2, 0) is 0 Å². The van der Waals surface area contributed by atoms with Crippen LogP contribution >= 0.6 is 0 Å². The summed E-state index contributed by atoms with van der Waals surface area (Å²) in [5.74, 6) is 3.33. The molecule has 4 rings (SSSR count). The molecule has 8 atom stereocenters. The summed E-state index contributed by atoms with van der Waals surface area (Å²) in [4.78, 5) is 0. The number of aliphatic hydroxyl groups excluding tert-OH is 1. The Morgan fingerprint density at radius 1 is 1.00 bits per heavy atom. The second-order valence-electron chi connectivity index (χ2n) is 13.6. The van der Waals surface area contributed by atoms with E-state index in [1.807, 2.05) is 0 Å². The second kappa shape index (κ2) is 7.75. The van der Waals surface area contributed by atoms with Crippen LogP contribution in [0.4, 0.5) is 0 Å². The van der Waals surface area contributed by atoms with Gasteiger partial charge in [0.05, 0.1) is 6.10 Å². The van der Waals surface area contributed by atoms with Crippen molar-refractivity contribution >= 4 is 0 Å². The van der Waals surface area contributed by atoms with E-state index in [4.69, 9.17) is 0 Å². The van der Waals surface area contributed by atoms with Crippen molar-refractivity contribution in [2.45, 2.75) is 119 Å². The molecule has 0 aromatic rings. The molecule has 1 N–H and O–H groups in total. The van der Waals surface area contributed by atoms with Gasteiger partial charge in [-0.1, -0.05) is 64.8 Å². The molecule has 0 radical (unpaired) electrons. The molecular formula is C30H50O. The van der Waals surface area contributed by atoms with Crippen molar-refractivity contribution in [1.82, 2.24) is 0 Å². The maximum atomic E-state index is 10.8. The van der Waals surface area contributed by atoms with Crippen molar-refractivity contribution in [3.63, 3.8) is 0 Å². The maximum absolute atomic E-state index is 10.8. The summed E-state index contributed by atoms with van der Waals surface area (Å²) in [6.07, 6.45) is 16.6. The summed E-state index contributed by atoms with van der Waals surface area (Å²) < 4.78 is 0. The molecule has 0 aliphatic heterocycles. The first-order valence-corrected chi connectivity index (χ1v) is 13.4. The van der Waals surface area contributed by atoms with Gasteiger partial charge in [0.25, 0.3) is 0 Å². The highest BCUT2D eigenvalue weighted by Gasteiger charge is 2.65. The van der Waals surface area contributed by atoms with Gasteiger partial charge in [0.15, 0.2) is 0 Å². The van der Waals surface area contributed by atoms with E-state index >= 15 is 0 Å². The minimum Gasteiger partial charge on any atom is -0.392 e. The van der Waals surface area contributed by atoms with Gasteiger partial charge in [0.2, 0.25) is 0 Å². The third-order valence-corrected chi connectivity index (χ3v) is 11.7. The molecule has 0 aromatic heterocycles. The number of rotatable bonds is 4. The standard InChI is InChI=1S/C30H50O/c1-20(2)10-9-11-21(3)22-14-18-30(8)24-12-13-25-27(4,5)26(31)16-17-28(25,6)23(24)15-19-29(22,30)7/h10,13,21-24,26,31H,9,11-12,14-19H2,1-8H3. The maximum Gasteiger partial charge on any atom is 0.0628 e. The molecular weight excluding hydrogens is 376 g/mol. The molecule has 4 aliphatic carbocycles. The number of allylic oxidation sites excluding steroid dienone is 3. The Kier molecular flexibility index (Phi) is 5.90. The largest absolute Gasteiger partial charge is 0.392 e. The highest BCUT2D eigenvalue weighted by molar-refractivity contribution is 5.32. The van der Waals surface area contributed by atoms with Crippen LogP contribution in [-0.4, -0.2) is 11.2 Å². The lowest BCUT2D eigenvalue weighted by Crippen LogP contribution is -2.57. The Bertz CT molecular complexity index is 754. The molecule has 31 heavy (non-hydrogen) atoms. The SMILES string of the molecule is CC(C)=CCCC(C)C1CCC2(C)C3CC=C4C(C)(C)C(O)CCC4(C)C3CCC12C. The normalized spacial score (nSPS) is 46.9. The van der Waals surface area contributed by atoms with E-state index in [0.717, 1.165) is 30.1 Å². The fourth-order valence-electron chi connectivity index (χ4n) is 9.57. The Labute approximate surface area is 193 Å². The van der Waals surface area contributed by atoms with Crippen LogP contribution in [0.2, 0.25) is 0 Å². The van der Waals surface area contributed by atoms with Crippen molar-refractivity contribution in [1.29, 1.82) is 0 Å². The predicted molar refractivity (Wildman–Crippen MR) is 133 cm³/mol. The zero-order chi connectivity index (χ0) is 22.8. The molecule has 8 unspecified atom stereocenters. The molecule has 3 fully saturated rings. The van der Waals surface area contributed by atoms with Crippen molar-refractivity contribution in [3.8, 4) is 0 Å². The molecule has 0 saturated heterocycles. The van der Waals surface area contributed by atoms with Crippen LogP contribution in [0.1, 0.15) is 113 Å². The van der Waals surface area contributed by atoms with Gasteiger partial charge >= 0.3 is 0 Å². The zero-order valence-corrected chi connectivity index (χ0v) is 21.9. The highest BCUT2D eigenvalue weighted by atomic mass is 16.3. The molecule has 176 valence electrons. The zero-order valence-electron chi connectivity index (χ0n) is 21.9. The van der Waals surface area contributed by atoms with Gasteiger partial charge < -0.3 is 5.11 Å². The molecule has 4 aliphatic rings. The van der Waals surface area contributed by atoms with Gasteiger partial charge in [-0.15, -0.1) is 0 Å². The summed E-state index contributed by atoms with van der Waals surface area (Å²) in [6.45, 7) is 19.6. The number of fused-ring (bicyclic) bond motifs is 5. The van der Waals surface area contributed by atoms with Gasteiger partial charge in [-0.05, 0) is 112 Å². The van der Waals surface area contributed by atoms with Crippen molar-refractivity contribution < 1.29 is 5.11 Å². The van der Waals surface area contributed by atoms with Crippen molar-refractivity contribution in [2.24, 2.45) is 45.3 Å². The Hall–Kier alpha value is -0.560. The van der Waals surface area contributed by atoms with Gasteiger partial charge in [-0.25, -0.2) is 0 Å².